The van der Waals surface area contributed by atoms with Crippen molar-refractivity contribution in [2.24, 2.45) is 4.99 Å². The van der Waals surface area contributed by atoms with Gasteiger partial charge in [-0.2, -0.15) is 0 Å². The first kappa shape index (κ1) is 20.2. The van der Waals surface area contributed by atoms with E-state index in [2.05, 4.69) is 15.6 Å². The van der Waals surface area contributed by atoms with Crippen molar-refractivity contribution in [1.82, 2.24) is 10.6 Å². The maximum atomic E-state index is 10.0. The second kappa shape index (κ2) is 9.56. The number of methoxy groups -OCH3 is 3. The average molecular weight is 373 g/mol. The normalized spacial score (nSPS) is 12.3. The Bertz CT molecular complexity index is 793. The van der Waals surface area contributed by atoms with E-state index in [-0.39, 0.29) is 11.8 Å². The van der Waals surface area contributed by atoms with Gasteiger partial charge in [0.25, 0.3) is 0 Å². The van der Waals surface area contributed by atoms with Gasteiger partial charge in [-0.25, -0.2) is 0 Å². The van der Waals surface area contributed by atoms with Crippen molar-refractivity contribution >= 4 is 5.96 Å². The number of hydrogen-bond donors (Lipinski definition) is 3. The van der Waals surface area contributed by atoms with E-state index in [9.17, 15) is 5.11 Å². The molecule has 27 heavy (non-hydrogen) atoms. The van der Waals surface area contributed by atoms with E-state index in [1.54, 1.807) is 46.6 Å². The number of hydrogen-bond acceptors (Lipinski definition) is 5. The quantitative estimate of drug-likeness (QED) is 0.511. The van der Waals surface area contributed by atoms with Crippen molar-refractivity contribution in [1.29, 1.82) is 0 Å². The summed E-state index contributed by atoms with van der Waals surface area (Å²) in [4.78, 5) is 4.25. The van der Waals surface area contributed by atoms with E-state index in [1.807, 2.05) is 25.1 Å². The summed E-state index contributed by atoms with van der Waals surface area (Å²) in [6.45, 7) is 2.40. The van der Waals surface area contributed by atoms with E-state index >= 15 is 0 Å². The summed E-state index contributed by atoms with van der Waals surface area (Å²) in [6, 6.07) is 10.7. The van der Waals surface area contributed by atoms with Gasteiger partial charge in [-0.05, 0) is 43.3 Å². The highest BCUT2D eigenvalue weighted by Gasteiger charge is 2.14. The Morgan fingerprint density at radius 2 is 1.70 bits per heavy atom. The maximum absolute atomic E-state index is 10.0. The summed E-state index contributed by atoms with van der Waals surface area (Å²) in [6.07, 6.45) is 0. The van der Waals surface area contributed by atoms with Crippen LogP contribution in [0.2, 0.25) is 0 Å². The largest absolute Gasteiger partial charge is 0.508 e. The molecule has 2 aromatic carbocycles. The number of aliphatic imine (C=N–C) groups is 1. The van der Waals surface area contributed by atoms with Crippen molar-refractivity contribution in [2.75, 3.05) is 28.4 Å². The Balaban J connectivity index is 2.09. The summed E-state index contributed by atoms with van der Waals surface area (Å²) in [5, 5.41) is 16.5. The van der Waals surface area contributed by atoms with Gasteiger partial charge < -0.3 is 30.0 Å². The van der Waals surface area contributed by atoms with Gasteiger partial charge in [0, 0.05) is 24.7 Å². The number of aromatic hydroxyl groups is 1. The zero-order chi connectivity index (χ0) is 19.8. The van der Waals surface area contributed by atoms with E-state index in [0.29, 0.717) is 23.8 Å². The maximum Gasteiger partial charge on any atom is 0.191 e. The molecule has 0 fully saturated rings. The highest BCUT2D eigenvalue weighted by molar-refractivity contribution is 5.80. The molecule has 0 radical (unpaired) electrons. The Kier molecular flexibility index (Phi) is 7.16. The third kappa shape index (κ3) is 5.20. The van der Waals surface area contributed by atoms with Crippen molar-refractivity contribution in [3.8, 4) is 23.0 Å². The van der Waals surface area contributed by atoms with E-state index in [0.717, 1.165) is 17.1 Å². The first-order chi connectivity index (χ1) is 13.0. The third-order valence-corrected chi connectivity index (χ3v) is 4.21. The molecule has 0 saturated carbocycles. The molecule has 0 aliphatic carbocycles. The fraction of sp³-hybridized carbons (Fsp3) is 0.350. The lowest BCUT2D eigenvalue weighted by atomic mass is 10.1. The van der Waals surface area contributed by atoms with Gasteiger partial charge in [0.15, 0.2) is 5.96 Å². The minimum atomic E-state index is -0.0832. The van der Waals surface area contributed by atoms with Crippen LogP contribution in [0.5, 0.6) is 23.0 Å². The van der Waals surface area contributed by atoms with E-state index in [4.69, 9.17) is 14.2 Å². The number of phenols is 1. The minimum Gasteiger partial charge on any atom is -0.508 e. The minimum absolute atomic E-state index is 0.0832. The molecule has 1 atom stereocenters. The molecule has 0 aromatic heterocycles. The molecule has 7 heteroatoms. The van der Waals surface area contributed by atoms with Crippen molar-refractivity contribution in [3.63, 3.8) is 0 Å². The number of nitrogens with one attached hydrogen (secondary N) is 2. The SMILES string of the molecule is CN=C(NCc1cc(OC)ccc1O)NC(C)c1cc(OC)ccc1OC. The van der Waals surface area contributed by atoms with Crippen LogP contribution in [-0.4, -0.2) is 39.4 Å². The van der Waals surface area contributed by atoms with Gasteiger partial charge in [-0.1, -0.05) is 0 Å². The van der Waals surface area contributed by atoms with Crippen LogP contribution in [0.3, 0.4) is 0 Å². The predicted octanol–water partition coefficient (Wildman–Crippen LogP) is 2.84. The van der Waals surface area contributed by atoms with Crippen LogP contribution in [0, 0.1) is 0 Å². The number of guanidine groups is 1. The van der Waals surface area contributed by atoms with E-state index in [1.165, 1.54) is 0 Å². The lowest BCUT2D eigenvalue weighted by molar-refractivity contribution is 0.394. The van der Waals surface area contributed by atoms with Crippen molar-refractivity contribution in [2.45, 2.75) is 19.5 Å². The van der Waals surface area contributed by atoms with Gasteiger partial charge in [0.05, 0.1) is 27.4 Å². The van der Waals surface area contributed by atoms with Crippen LogP contribution in [0.4, 0.5) is 0 Å². The average Bonchev–Trinajstić information content (AvgIpc) is 2.71. The molecular formula is C20H27N3O4. The van der Waals surface area contributed by atoms with Crippen LogP contribution in [0.25, 0.3) is 0 Å². The highest BCUT2D eigenvalue weighted by atomic mass is 16.5. The summed E-state index contributed by atoms with van der Waals surface area (Å²) in [7, 11) is 6.55. The van der Waals surface area contributed by atoms with E-state index < -0.39 is 0 Å². The zero-order valence-electron chi connectivity index (χ0n) is 16.4. The monoisotopic (exact) mass is 373 g/mol. The highest BCUT2D eigenvalue weighted by Crippen LogP contribution is 2.29. The Hall–Kier alpha value is -3.09. The molecule has 0 spiro atoms. The third-order valence-electron chi connectivity index (χ3n) is 4.21. The Morgan fingerprint density at radius 1 is 1.04 bits per heavy atom. The number of nitrogens with zero attached hydrogens (tertiary/aromatic N) is 1. The summed E-state index contributed by atoms with van der Waals surface area (Å²) >= 11 is 0. The number of benzene rings is 2. The van der Waals surface area contributed by atoms with Gasteiger partial charge >= 0.3 is 0 Å². The molecule has 1 unspecified atom stereocenters. The number of phenolic OH excluding ortho intramolecular Hbond substituents is 1. The standard InChI is InChI=1S/C20H27N3O4/c1-13(17-11-16(26-4)7-9-19(17)27-5)23-20(21-2)22-12-14-10-15(25-3)6-8-18(14)24/h6-11,13,24H,12H2,1-5H3,(H2,21,22,23). The molecule has 0 bridgehead atoms. The lowest BCUT2D eigenvalue weighted by Gasteiger charge is -2.21. The summed E-state index contributed by atoms with van der Waals surface area (Å²) in [5.74, 6) is 2.98. The summed E-state index contributed by atoms with van der Waals surface area (Å²) in [5.41, 5.74) is 1.66. The van der Waals surface area contributed by atoms with Gasteiger partial charge in [-0.3, -0.25) is 4.99 Å². The van der Waals surface area contributed by atoms with Crippen molar-refractivity contribution in [3.05, 3.63) is 47.5 Å². The first-order valence-corrected chi connectivity index (χ1v) is 8.57. The molecule has 146 valence electrons. The molecule has 0 amide bonds. The van der Waals surface area contributed by atoms with Crippen LogP contribution in [-0.2, 0) is 6.54 Å². The second-order valence-electron chi connectivity index (χ2n) is 5.89. The second-order valence-corrected chi connectivity index (χ2v) is 5.89. The lowest BCUT2D eigenvalue weighted by Crippen LogP contribution is -2.38. The fourth-order valence-corrected chi connectivity index (χ4v) is 2.66. The van der Waals surface area contributed by atoms with Gasteiger partial charge in [0.2, 0.25) is 0 Å². The molecule has 2 aromatic rings. The number of rotatable bonds is 7. The van der Waals surface area contributed by atoms with Gasteiger partial charge in [-0.15, -0.1) is 0 Å². The molecular weight excluding hydrogens is 346 g/mol. The Morgan fingerprint density at radius 3 is 2.33 bits per heavy atom. The van der Waals surface area contributed by atoms with Gasteiger partial charge in [0.1, 0.15) is 23.0 Å². The fourth-order valence-electron chi connectivity index (χ4n) is 2.66. The molecule has 3 N–H and O–H groups in total. The van der Waals surface area contributed by atoms with Crippen LogP contribution < -0.4 is 24.8 Å². The van der Waals surface area contributed by atoms with Crippen LogP contribution >= 0.6 is 0 Å². The molecule has 0 saturated heterocycles. The molecule has 0 aliphatic rings. The molecule has 0 heterocycles. The zero-order valence-corrected chi connectivity index (χ0v) is 16.4. The van der Waals surface area contributed by atoms with Crippen LogP contribution in [0.1, 0.15) is 24.1 Å². The van der Waals surface area contributed by atoms with Crippen LogP contribution in [0.15, 0.2) is 41.4 Å². The topological polar surface area (TPSA) is 84.3 Å². The molecule has 0 aliphatic heterocycles. The smallest absolute Gasteiger partial charge is 0.191 e. The molecule has 2 rings (SSSR count). The van der Waals surface area contributed by atoms with Crippen molar-refractivity contribution < 1.29 is 19.3 Å². The first-order valence-electron chi connectivity index (χ1n) is 8.57. The molecule has 7 nitrogen and oxygen atoms in total. The predicted molar refractivity (Wildman–Crippen MR) is 106 cm³/mol. The Labute approximate surface area is 160 Å². The number of ether oxygens (including phenoxy) is 3. The summed E-state index contributed by atoms with van der Waals surface area (Å²) < 4.78 is 16.0.